The number of hydrogen-bond donors (Lipinski definition) is 4. The van der Waals surface area contributed by atoms with Gasteiger partial charge in [-0.05, 0) is 37.0 Å². The van der Waals surface area contributed by atoms with Crippen LogP contribution in [0.25, 0.3) is 0 Å². The number of ether oxygens (including phenoxy) is 1. The minimum atomic E-state index is -1.55. The number of carboxylic acid groups (broad SMARTS) is 1. The smallest absolute Gasteiger partial charge is 0.368 e. The van der Waals surface area contributed by atoms with Crippen molar-refractivity contribution in [2.45, 2.75) is 63.5 Å². The number of aliphatic hydroxyl groups is 2. The minimum Gasteiger partial charge on any atom is -0.494 e. The van der Waals surface area contributed by atoms with Crippen LogP contribution in [0, 0.1) is 0 Å². The molecule has 0 amide bonds. The standard InChI is InChI=1S/C19H31NO5/c1-2-3-4-5-12-25-17-10-7-15(8-11-17)6-9-16(22)13-19(20,14-21)18(23)24/h7-8,10-11,16,21-22H,2-6,9,12-14,20H2,1H3,(H,23,24)/p+1. The maximum atomic E-state index is 11.1. The van der Waals surface area contributed by atoms with Crippen molar-refractivity contribution in [3.63, 3.8) is 0 Å². The third-order valence-corrected chi connectivity index (χ3v) is 4.34. The van der Waals surface area contributed by atoms with Crippen LogP contribution in [0.1, 0.15) is 51.0 Å². The van der Waals surface area contributed by atoms with E-state index in [1.807, 2.05) is 24.3 Å². The number of aliphatic hydroxyl groups excluding tert-OH is 2. The molecule has 0 radical (unpaired) electrons. The van der Waals surface area contributed by atoms with Crippen LogP contribution in [-0.2, 0) is 11.2 Å². The van der Waals surface area contributed by atoms with E-state index in [1.165, 1.54) is 19.3 Å². The van der Waals surface area contributed by atoms with E-state index in [-0.39, 0.29) is 6.42 Å². The molecular weight excluding hydrogens is 322 g/mol. The summed E-state index contributed by atoms with van der Waals surface area (Å²) >= 11 is 0. The third-order valence-electron chi connectivity index (χ3n) is 4.34. The largest absolute Gasteiger partial charge is 0.494 e. The molecule has 6 N–H and O–H groups in total. The molecule has 1 aromatic rings. The summed E-state index contributed by atoms with van der Waals surface area (Å²) in [6, 6.07) is 7.74. The highest BCUT2D eigenvalue weighted by Gasteiger charge is 2.39. The first kappa shape index (κ1) is 21.4. The van der Waals surface area contributed by atoms with Crippen molar-refractivity contribution >= 4 is 5.97 Å². The van der Waals surface area contributed by atoms with Gasteiger partial charge in [0.15, 0.2) is 0 Å². The molecule has 0 aliphatic carbocycles. The zero-order valence-electron chi connectivity index (χ0n) is 15.1. The Morgan fingerprint density at radius 2 is 1.92 bits per heavy atom. The van der Waals surface area contributed by atoms with Crippen molar-refractivity contribution in [1.29, 1.82) is 0 Å². The van der Waals surface area contributed by atoms with Gasteiger partial charge in [0, 0.05) is 6.42 Å². The molecule has 2 atom stereocenters. The predicted octanol–water partition coefficient (Wildman–Crippen LogP) is 1.39. The van der Waals surface area contributed by atoms with Gasteiger partial charge in [0.05, 0.1) is 12.7 Å². The molecule has 1 rings (SSSR count). The lowest BCUT2D eigenvalue weighted by atomic mass is 9.91. The van der Waals surface area contributed by atoms with Gasteiger partial charge in [-0.15, -0.1) is 0 Å². The Balaban J connectivity index is 2.36. The molecule has 0 saturated heterocycles. The van der Waals surface area contributed by atoms with E-state index in [1.54, 1.807) is 0 Å². The lowest BCUT2D eigenvalue weighted by molar-refractivity contribution is -0.472. The summed E-state index contributed by atoms with van der Waals surface area (Å²) in [4.78, 5) is 11.1. The van der Waals surface area contributed by atoms with Crippen LogP contribution in [0.5, 0.6) is 5.75 Å². The zero-order chi connectivity index (χ0) is 18.7. The van der Waals surface area contributed by atoms with Gasteiger partial charge in [-0.25, -0.2) is 4.79 Å². The van der Waals surface area contributed by atoms with Crippen molar-refractivity contribution in [2.24, 2.45) is 0 Å². The molecule has 6 nitrogen and oxygen atoms in total. The number of hydrogen-bond acceptors (Lipinski definition) is 4. The van der Waals surface area contributed by atoms with Crippen LogP contribution in [0.3, 0.4) is 0 Å². The zero-order valence-corrected chi connectivity index (χ0v) is 15.1. The van der Waals surface area contributed by atoms with Crippen LogP contribution < -0.4 is 10.5 Å². The van der Waals surface area contributed by atoms with E-state index in [0.717, 1.165) is 24.3 Å². The van der Waals surface area contributed by atoms with Crippen molar-refractivity contribution < 1.29 is 30.6 Å². The fourth-order valence-electron chi connectivity index (χ4n) is 2.58. The molecule has 0 aliphatic heterocycles. The number of carbonyl (C=O) groups is 1. The van der Waals surface area contributed by atoms with E-state index >= 15 is 0 Å². The van der Waals surface area contributed by atoms with Gasteiger partial charge >= 0.3 is 5.97 Å². The Kier molecular flexibility index (Phi) is 9.49. The molecule has 25 heavy (non-hydrogen) atoms. The molecule has 142 valence electrons. The topological polar surface area (TPSA) is 115 Å². The van der Waals surface area contributed by atoms with Crippen LogP contribution in [0.4, 0.5) is 0 Å². The molecule has 0 aromatic heterocycles. The Bertz CT molecular complexity index is 505. The SMILES string of the molecule is CCCCCCOc1ccc(CCC(O)CC([NH3+])(CO)C(=O)O)cc1. The van der Waals surface area contributed by atoms with Gasteiger partial charge in [-0.3, -0.25) is 0 Å². The fourth-order valence-corrected chi connectivity index (χ4v) is 2.58. The summed E-state index contributed by atoms with van der Waals surface area (Å²) in [5.74, 6) is -0.363. The fraction of sp³-hybridized carbons (Fsp3) is 0.632. The third kappa shape index (κ3) is 7.86. The number of aliphatic carboxylic acids is 1. The van der Waals surface area contributed by atoms with Crippen LogP contribution >= 0.6 is 0 Å². The highest BCUT2D eigenvalue weighted by molar-refractivity contribution is 5.76. The summed E-state index contributed by atoms with van der Waals surface area (Å²) in [6.45, 7) is 2.31. The van der Waals surface area contributed by atoms with Gasteiger partial charge in [0.25, 0.3) is 0 Å². The molecule has 2 unspecified atom stereocenters. The maximum Gasteiger partial charge on any atom is 0.368 e. The van der Waals surface area contributed by atoms with Crippen molar-refractivity contribution in [2.75, 3.05) is 13.2 Å². The van der Waals surface area contributed by atoms with Gasteiger partial charge in [-0.2, -0.15) is 0 Å². The number of rotatable bonds is 13. The predicted molar refractivity (Wildman–Crippen MR) is 95.4 cm³/mol. The van der Waals surface area contributed by atoms with Crippen LogP contribution in [0.2, 0.25) is 0 Å². The van der Waals surface area contributed by atoms with Gasteiger partial charge in [-0.1, -0.05) is 38.3 Å². The molecule has 0 spiro atoms. The monoisotopic (exact) mass is 354 g/mol. The van der Waals surface area contributed by atoms with Gasteiger partial charge in [0.1, 0.15) is 12.4 Å². The quantitative estimate of drug-likeness (QED) is 0.400. The summed E-state index contributed by atoms with van der Waals surface area (Å²) in [7, 11) is 0. The average Bonchev–Trinajstić information content (AvgIpc) is 2.60. The second kappa shape index (κ2) is 11.1. The average molecular weight is 354 g/mol. The molecule has 6 heteroatoms. The Labute approximate surface area is 149 Å². The van der Waals surface area contributed by atoms with E-state index in [0.29, 0.717) is 12.8 Å². The molecular formula is C19H32NO5+. The number of aryl methyl sites for hydroxylation is 1. The van der Waals surface area contributed by atoms with Crippen molar-refractivity contribution in [3.05, 3.63) is 29.8 Å². The minimum absolute atomic E-state index is 0.0716. The highest BCUT2D eigenvalue weighted by atomic mass is 16.5. The molecule has 0 aliphatic rings. The van der Waals surface area contributed by atoms with Crippen molar-refractivity contribution in [1.82, 2.24) is 0 Å². The lowest BCUT2D eigenvalue weighted by Crippen LogP contribution is -2.79. The van der Waals surface area contributed by atoms with E-state index in [2.05, 4.69) is 12.7 Å². The Morgan fingerprint density at radius 1 is 1.24 bits per heavy atom. The number of carboxylic acids is 1. The highest BCUT2D eigenvalue weighted by Crippen LogP contribution is 2.17. The van der Waals surface area contributed by atoms with E-state index in [4.69, 9.17) is 9.84 Å². The Hall–Kier alpha value is -1.63. The van der Waals surface area contributed by atoms with Crippen molar-refractivity contribution in [3.8, 4) is 5.75 Å². The molecule has 0 bridgehead atoms. The summed E-state index contributed by atoms with van der Waals surface area (Å²) in [6.07, 6.45) is 4.83. The summed E-state index contributed by atoms with van der Waals surface area (Å²) in [5.41, 5.74) is 3.02. The number of quaternary nitrogens is 1. The Morgan fingerprint density at radius 3 is 2.48 bits per heavy atom. The summed E-state index contributed by atoms with van der Waals surface area (Å²) < 4.78 is 5.69. The number of benzene rings is 1. The summed E-state index contributed by atoms with van der Waals surface area (Å²) in [5, 5.41) is 28.3. The maximum absolute atomic E-state index is 11.1. The molecule has 0 fully saturated rings. The normalized spacial score (nSPS) is 14.7. The van der Waals surface area contributed by atoms with Gasteiger partial charge in [0.2, 0.25) is 5.54 Å². The molecule has 0 heterocycles. The number of unbranched alkanes of at least 4 members (excludes halogenated alkanes) is 3. The van der Waals surface area contributed by atoms with Crippen LogP contribution in [-0.4, -0.2) is 46.1 Å². The second-order valence-corrected chi connectivity index (χ2v) is 6.69. The van der Waals surface area contributed by atoms with Gasteiger partial charge < -0.3 is 25.8 Å². The first-order valence-electron chi connectivity index (χ1n) is 9.00. The van der Waals surface area contributed by atoms with E-state index < -0.39 is 24.2 Å². The molecule has 0 saturated carbocycles. The lowest BCUT2D eigenvalue weighted by Gasteiger charge is -2.21. The van der Waals surface area contributed by atoms with E-state index in [9.17, 15) is 15.0 Å². The molecule has 1 aromatic carbocycles. The van der Waals surface area contributed by atoms with Crippen LogP contribution in [0.15, 0.2) is 24.3 Å². The first-order chi connectivity index (χ1) is 11.9. The second-order valence-electron chi connectivity index (χ2n) is 6.69. The first-order valence-corrected chi connectivity index (χ1v) is 9.00.